The molecule has 4 rings (SSSR count). The standard InChI is InChI=1S/C19H30N4O2/c24-19-14-16-4-1-2-6-18(16)20-23(19)12-11-21-7-9-22(10-8-21)15-17-5-3-13-25-17/h14,17H,1-13,15H2. The maximum Gasteiger partial charge on any atom is 0.267 e. The minimum Gasteiger partial charge on any atom is -0.377 e. The molecule has 0 aromatic carbocycles. The van der Waals surface area contributed by atoms with Crippen LogP contribution < -0.4 is 5.56 Å². The lowest BCUT2D eigenvalue weighted by Crippen LogP contribution is -2.49. The van der Waals surface area contributed by atoms with Crippen molar-refractivity contribution in [3.05, 3.63) is 27.7 Å². The maximum absolute atomic E-state index is 12.3. The van der Waals surface area contributed by atoms with Gasteiger partial charge in [0, 0.05) is 51.9 Å². The van der Waals surface area contributed by atoms with Gasteiger partial charge in [0.2, 0.25) is 0 Å². The largest absolute Gasteiger partial charge is 0.377 e. The first-order chi connectivity index (χ1) is 12.3. The van der Waals surface area contributed by atoms with Crippen molar-refractivity contribution < 1.29 is 4.74 Å². The van der Waals surface area contributed by atoms with Gasteiger partial charge >= 0.3 is 0 Å². The van der Waals surface area contributed by atoms with Crippen LogP contribution in [-0.2, 0) is 24.1 Å². The Morgan fingerprint density at radius 3 is 2.64 bits per heavy atom. The number of nitrogens with zero attached hydrogens (tertiary/aromatic N) is 4. The average Bonchev–Trinajstić information content (AvgIpc) is 3.14. The predicted molar refractivity (Wildman–Crippen MR) is 97.0 cm³/mol. The molecule has 0 bridgehead atoms. The van der Waals surface area contributed by atoms with Gasteiger partial charge in [-0.15, -0.1) is 0 Å². The molecule has 1 unspecified atom stereocenters. The van der Waals surface area contributed by atoms with E-state index in [1.165, 1.54) is 31.2 Å². The summed E-state index contributed by atoms with van der Waals surface area (Å²) in [6.07, 6.45) is 7.31. The van der Waals surface area contributed by atoms with Crippen molar-refractivity contribution in [3.8, 4) is 0 Å². The molecule has 0 amide bonds. The molecule has 1 aromatic rings. The van der Waals surface area contributed by atoms with Crippen LogP contribution in [0.2, 0.25) is 0 Å². The zero-order chi connectivity index (χ0) is 17.1. The van der Waals surface area contributed by atoms with E-state index in [0.29, 0.717) is 12.6 Å². The van der Waals surface area contributed by atoms with Crippen molar-refractivity contribution in [2.24, 2.45) is 0 Å². The summed E-state index contributed by atoms with van der Waals surface area (Å²) in [4.78, 5) is 17.3. The molecule has 3 aliphatic rings. The van der Waals surface area contributed by atoms with E-state index in [1.54, 1.807) is 4.68 Å². The van der Waals surface area contributed by atoms with Gasteiger partial charge in [0.15, 0.2) is 0 Å². The van der Waals surface area contributed by atoms with Gasteiger partial charge in [0.1, 0.15) is 0 Å². The summed E-state index contributed by atoms with van der Waals surface area (Å²) in [5.41, 5.74) is 2.39. The summed E-state index contributed by atoms with van der Waals surface area (Å²) >= 11 is 0. The highest BCUT2D eigenvalue weighted by molar-refractivity contribution is 5.20. The minimum atomic E-state index is 0.0673. The number of hydrogen-bond donors (Lipinski definition) is 0. The Morgan fingerprint density at radius 1 is 1.04 bits per heavy atom. The molecule has 25 heavy (non-hydrogen) atoms. The smallest absolute Gasteiger partial charge is 0.267 e. The molecule has 1 aromatic heterocycles. The minimum absolute atomic E-state index is 0.0673. The van der Waals surface area contributed by atoms with Crippen LogP contribution in [0, 0.1) is 0 Å². The van der Waals surface area contributed by atoms with Crippen molar-refractivity contribution in [3.63, 3.8) is 0 Å². The van der Waals surface area contributed by atoms with E-state index < -0.39 is 0 Å². The first-order valence-corrected chi connectivity index (χ1v) is 9.94. The second-order valence-electron chi connectivity index (χ2n) is 7.66. The topological polar surface area (TPSA) is 50.6 Å². The van der Waals surface area contributed by atoms with E-state index in [9.17, 15) is 4.79 Å². The van der Waals surface area contributed by atoms with Crippen molar-refractivity contribution >= 4 is 0 Å². The fourth-order valence-corrected chi connectivity index (χ4v) is 4.27. The Labute approximate surface area is 149 Å². The molecule has 2 aliphatic heterocycles. The van der Waals surface area contributed by atoms with E-state index in [1.807, 2.05) is 6.07 Å². The number of aromatic nitrogens is 2. The first kappa shape index (κ1) is 17.2. The molecule has 138 valence electrons. The van der Waals surface area contributed by atoms with E-state index in [2.05, 4.69) is 14.9 Å². The summed E-state index contributed by atoms with van der Waals surface area (Å²) in [5.74, 6) is 0. The zero-order valence-electron chi connectivity index (χ0n) is 15.2. The fourth-order valence-electron chi connectivity index (χ4n) is 4.27. The van der Waals surface area contributed by atoms with Crippen LogP contribution in [0.15, 0.2) is 10.9 Å². The molecular formula is C19H30N4O2. The highest BCUT2D eigenvalue weighted by Crippen LogP contribution is 2.17. The number of rotatable bonds is 5. The van der Waals surface area contributed by atoms with Gasteiger partial charge in [-0.3, -0.25) is 14.6 Å². The van der Waals surface area contributed by atoms with Crippen LogP contribution in [0.3, 0.4) is 0 Å². The van der Waals surface area contributed by atoms with Gasteiger partial charge in [0.25, 0.3) is 5.56 Å². The molecule has 0 N–H and O–H groups in total. The highest BCUT2D eigenvalue weighted by Gasteiger charge is 2.23. The summed E-state index contributed by atoms with van der Waals surface area (Å²) in [7, 11) is 0. The van der Waals surface area contributed by atoms with Crippen molar-refractivity contribution in [1.82, 2.24) is 19.6 Å². The third-order valence-corrected chi connectivity index (χ3v) is 5.85. The van der Waals surface area contributed by atoms with Gasteiger partial charge in [0.05, 0.1) is 18.3 Å². The summed E-state index contributed by atoms with van der Waals surface area (Å²) in [6, 6.07) is 1.82. The molecule has 0 spiro atoms. The van der Waals surface area contributed by atoms with E-state index in [4.69, 9.17) is 4.74 Å². The Kier molecular flexibility index (Phi) is 5.48. The number of hydrogen-bond acceptors (Lipinski definition) is 5. The van der Waals surface area contributed by atoms with Crippen LogP contribution in [0.4, 0.5) is 0 Å². The molecule has 2 saturated heterocycles. The van der Waals surface area contributed by atoms with Gasteiger partial charge in [-0.05, 0) is 44.1 Å². The van der Waals surface area contributed by atoms with Gasteiger partial charge in [-0.25, -0.2) is 4.68 Å². The molecule has 6 heteroatoms. The van der Waals surface area contributed by atoms with Crippen LogP contribution in [0.1, 0.15) is 36.9 Å². The normalized spacial score (nSPS) is 25.2. The van der Waals surface area contributed by atoms with E-state index >= 15 is 0 Å². The lowest BCUT2D eigenvalue weighted by atomic mass is 9.97. The Morgan fingerprint density at radius 2 is 1.84 bits per heavy atom. The van der Waals surface area contributed by atoms with Gasteiger partial charge in [-0.2, -0.15) is 5.10 Å². The van der Waals surface area contributed by atoms with Crippen LogP contribution in [0.5, 0.6) is 0 Å². The monoisotopic (exact) mass is 346 g/mol. The third-order valence-electron chi connectivity index (χ3n) is 5.85. The molecule has 1 aliphatic carbocycles. The van der Waals surface area contributed by atoms with Crippen molar-refractivity contribution in [2.75, 3.05) is 45.9 Å². The fraction of sp³-hybridized carbons (Fsp3) is 0.789. The molecule has 6 nitrogen and oxygen atoms in total. The number of ether oxygens (including phenoxy) is 1. The number of aryl methyl sites for hydroxylation is 2. The highest BCUT2D eigenvalue weighted by atomic mass is 16.5. The van der Waals surface area contributed by atoms with Crippen LogP contribution in [-0.4, -0.2) is 71.6 Å². The average molecular weight is 346 g/mol. The maximum atomic E-state index is 12.3. The zero-order valence-corrected chi connectivity index (χ0v) is 15.2. The van der Waals surface area contributed by atoms with E-state index in [0.717, 1.165) is 64.4 Å². The summed E-state index contributed by atoms with van der Waals surface area (Å²) in [6.45, 7) is 8.00. The quantitative estimate of drug-likeness (QED) is 0.794. The molecule has 0 radical (unpaired) electrons. The lowest BCUT2D eigenvalue weighted by molar-refractivity contribution is 0.0495. The van der Waals surface area contributed by atoms with Crippen LogP contribution in [0.25, 0.3) is 0 Å². The second-order valence-corrected chi connectivity index (χ2v) is 7.66. The van der Waals surface area contributed by atoms with Gasteiger partial charge < -0.3 is 4.74 Å². The Bertz CT molecular complexity index is 631. The number of piperazine rings is 1. The van der Waals surface area contributed by atoms with Crippen molar-refractivity contribution in [2.45, 2.75) is 51.2 Å². The summed E-state index contributed by atoms with van der Waals surface area (Å²) in [5, 5.41) is 4.63. The SMILES string of the molecule is O=c1cc2c(nn1CCN1CCN(CC3CCCO3)CC1)CCCC2. The molecule has 1 atom stereocenters. The van der Waals surface area contributed by atoms with Crippen molar-refractivity contribution in [1.29, 1.82) is 0 Å². The van der Waals surface area contributed by atoms with Gasteiger partial charge in [-0.1, -0.05) is 0 Å². The number of fused-ring (bicyclic) bond motifs is 1. The first-order valence-electron chi connectivity index (χ1n) is 9.94. The van der Waals surface area contributed by atoms with E-state index in [-0.39, 0.29) is 5.56 Å². The molecule has 0 saturated carbocycles. The Hall–Kier alpha value is -1.24. The third kappa shape index (κ3) is 4.30. The Balaban J connectivity index is 1.26. The van der Waals surface area contributed by atoms with Crippen LogP contribution >= 0.6 is 0 Å². The predicted octanol–water partition coefficient (Wildman–Crippen LogP) is 0.919. The molecule has 3 heterocycles. The lowest BCUT2D eigenvalue weighted by Gasteiger charge is -2.35. The molecule has 2 fully saturated rings. The second kappa shape index (κ2) is 7.98. The molecular weight excluding hydrogens is 316 g/mol. The summed E-state index contributed by atoms with van der Waals surface area (Å²) < 4.78 is 7.43.